The van der Waals surface area contributed by atoms with Crippen molar-refractivity contribution in [2.75, 3.05) is 0 Å². The molecule has 0 aliphatic heterocycles. The number of hydrogen-bond acceptors (Lipinski definition) is 1. The zero-order chi connectivity index (χ0) is 15.8. The highest BCUT2D eigenvalue weighted by Crippen LogP contribution is 2.34. The summed E-state index contributed by atoms with van der Waals surface area (Å²) in [4.78, 5) is 12.3. The second-order valence-electron chi connectivity index (χ2n) is 4.45. The molecule has 0 heterocycles. The molecule has 2 rings (SSSR count). The third-order valence-corrected chi connectivity index (χ3v) is 3.28. The minimum atomic E-state index is -4.66. The zero-order valence-electron chi connectivity index (χ0n) is 10.8. The topological polar surface area (TPSA) is 17.1 Å². The molecule has 21 heavy (non-hydrogen) atoms. The normalized spacial score (nSPS) is 11.5. The summed E-state index contributed by atoms with van der Waals surface area (Å²) in [5.41, 5.74) is -1.59. The molecule has 0 bridgehead atoms. The van der Waals surface area contributed by atoms with Crippen LogP contribution < -0.4 is 0 Å². The first-order valence-electron chi connectivity index (χ1n) is 5.88. The molecule has 0 amide bonds. The first kappa shape index (κ1) is 15.5. The van der Waals surface area contributed by atoms with Crippen LogP contribution in [-0.4, -0.2) is 5.78 Å². The van der Waals surface area contributed by atoms with E-state index < -0.39 is 28.9 Å². The Morgan fingerprint density at radius 2 is 1.71 bits per heavy atom. The first-order valence-corrected chi connectivity index (χ1v) is 6.26. The molecule has 0 radical (unpaired) electrons. The Kier molecular flexibility index (Phi) is 4.05. The number of hydrogen-bond donors (Lipinski definition) is 0. The van der Waals surface area contributed by atoms with Gasteiger partial charge in [0, 0.05) is 11.1 Å². The number of halogens is 5. The lowest BCUT2D eigenvalue weighted by molar-refractivity contribution is -0.137. The Morgan fingerprint density at radius 3 is 2.33 bits per heavy atom. The molecule has 0 atom stereocenters. The van der Waals surface area contributed by atoms with Crippen molar-refractivity contribution in [3.05, 3.63) is 69.5 Å². The molecule has 0 aromatic heterocycles. The molecule has 0 saturated heterocycles. The van der Waals surface area contributed by atoms with Crippen LogP contribution in [0.2, 0.25) is 5.02 Å². The van der Waals surface area contributed by atoms with Crippen molar-refractivity contribution in [3.63, 3.8) is 0 Å². The smallest absolute Gasteiger partial charge is 0.289 e. The van der Waals surface area contributed by atoms with E-state index in [1.54, 1.807) is 0 Å². The maximum Gasteiger partial charge on any atom is 0.417 e. The van der Waals surface area contributed by atoms with E-state index in [2.05, 4.69) is 0 Å². The highest BCUT2D eigenvalue weighted by Gasteiger charge is 2.35. The molecule has 6 heteroatoms. The zero-order valence-corrected chi connectivity index (χ0v) is 11.5. The minimum Gasteiger partial charge on any atom is -0.289 e. The number of benzene rings is 2. The molecular formula is C15H9ClF4O. The summed E-state index contributed by atoms with van der Waals surface area (Å²) < 4.78 is 52.1. The van der Waals surface area contributed by atoms with Crippen molar-refractivity contribution in [1.29, 1.82) is 0 Å². The summed E-state index contributed by atoms with van der Waals surface area (Å²) in [7, 11) is 0. The lowest BCUT2D eigenvalue weighted by Crippen LogP contribution is -2.14. The van der Waals surface area contributed by atoms with Gasteiger partial charge in [-0.2, -0.15) is 13.2 Å². The fourth-order valence-corrected chi connectivity index (χ4v) is 2.14. The van der Waals surface area contributed by atoms with Crippen molar-refractivity contribution >= 4 is 17.4 Å². The molecule has 0 aliphatic rings. The van der Waals surface area contributed by atoms with Gasteiger partial charge in [-0.1, -0.05) is 29.8 Å². The molecule has 110 valence electrons. The molecule has 0 spiro atoms. The van der Waals surface area contributed by atoms with Crippen molar-refractivity contribution in [2.45, 2.75) is 13.1 Å². The van der Waals surface area contributed by atoms with E-state index in [1.807, 2.05) is 0 Å². The highest BCUT2D eigenvalue weighted by molar-refractivity contribution is 6.35. The summed E-state index contributed by atoms with van der Waals surface area (Å²) in [5, 5.41) is -0.222. The Bertz CT molecular complexity index is 707. The second-order valence-corrected chi connectivity index (χ2v) is 4.86. The number of rotatable bonds is 2. The summed E-state index contributed by atoms with van der Waals surface area (Å²) in [5.74, 6) is -1.52. The molecule has 2 aromatic rings. The van der Waals surface area contributed by atoms with Gasteiger partial charge in [0.05, 0.1) is 10.6 Å². The standard InChI is InChI=1S/C15H9ClF4O/c1-8-6-10(12(16)7-13(8)17)14(21)9-4-2-3-5-11(9)15(18,19)20/h2-7H,1H3. The monoisotopic (exact) mass is 316 g/mol. The van der Waals surface area contributed by atoms with E-state index in [0.717, 1.165) is 24.3 Å². The van der Waals surface area contributed by atoms with E-state index in [0.29, 0.717) is 0 Å². The summed E-state index contributed by atoms with van der Waals surface area (Å²) >= 11 is 5.77. The molecular weight excluding hydrogens is 308 g/mol. The molecule has 0 saturated carbocycles. The highest BCUT2D eigenvalue weighted by atomic mass is 35.5. The van der Waals surface area contributed by atoms with Crippen LogP contribution in [0.1, 0.15) is 27.0 Å². The van der Waals surface area contributed by atoms with Gasteiger partial charge in [0.15, 0.2) is 5.78 Å². The van der Waals surface area contributed by atoms with E-state index in [1.165, 1.54) is 19.1 Å². The van der Waals surface area contributed by atoms with Crippen molar-refractivity contribution < 1.29 is 22.4 Å². The number of carbonyl (C=O) groups excluding carboxylic acids is 1. The van der Waals surface area contributed by atoms with Crippen LogP contribution in [0.5, 0.6) is 0 Å². The average Bonchev–Trinajstić information content (AvgIpc) is 2.41. The van der Waals surface area contributed by atoms with Gasteiger partial charge in [-0.05, 0) is 30.7 Å². The fourth-order valence-electron chi connectivity index (χ4n) is 1.90. The van der Waals surface area contributed by atoms with Gasteiger partial charge in [-0.25, -0.2) is 4.39 Å². The Hall–Kier alpha value is -1.88. The average molecular weight is 317 g/mol. The molecule has 1 nitrogen and oxygen atoms in total. The number of alkyl halides is 3. The number of ketones is 1. The number of carbonyl (C=O) groups is 1. The van der Waals surface area contributed by atoms with Gasteiger partial charge in [0.1, 0.15) is 5.82 Å². The largest absolute Gasteiger partial charge is 0.417 e. The maximum absolute atomic E-state index is 13.3. The maximum atomic E-state index is 13.3. The van der Waals surface area contributed by atoms with Gasteiger partial charge < -0.3 is 0 Å². The van der Waals surface area contributed by atoms with Gasteiger partial charge in [0.2, 0.25) is 0 Å². The molecule has 0 aliphatic carbocycles. The van der Waals surface area contributed by atoms with Crippen molar-refractivity contribution in [2.24, 2.45) is 0 Å². The van der Waals surface area contributed by atoms with Gasteiger partial charge in [-0.3, -0.25) is 4.79 Å². The molecule has 0 N–H and O–H groups in total. The van der Waals surface area contributed by atoms with E-state index in [4.69, 9.17) is 11.6 Å². The van der Waals surface area contributed by atoms with Crippen LogP contribution in [0.25, 0.3) is 0 Å². The minimum absolute atomic E-state index is 0.132. The Balaban J connectivity index is 2.59. The summed E-state index contributed by atoms with van der Waals surface area (Å²) in [6.07, 6.45) is -4.66. The predicted octanol–water partition coefficient (Wildman–Crippen LogP) is 5.04. The third-order valence-electron chi connectivity index (χ3n) is 2.97. The fraction of sp³-hybridized carbons (Fsp3) is 0.133. The Morgan fingerprint density at radius 1 is 1.10 bits per heavy atom. The molecule has 0 unspecified atom stereocenters. The second kappa shape index (κ2) is 5.48. The van der Waals surface area contributed by atoms with E-state index >= 15 is 0 Å². The summed E-state index contributed by atoms with van der Waals surface area (Å²) in [6, 6.07) is 6.47. The van der Waals surface area contributed by atoms with Crippen LogP contribution in [0.3, 0.4) is 0 Å². The molecule has 0 fully saturated rings. The SMILES string of the molecule is Cc1cc(C(=O)c2ccccc2C(F)(F)F)c(Cl)cc1F. The quantitative estimate of drug-likeness (QED) is 0.560. The summed E-state index contributed by atoms with van der Waals surface area (Å²) in [6.45, 7) is 1.40. The van der Waals surface area contributed by atoms with Gasteiger partial charge in [-0.15, -0.1) is 0 Å². The Labute approximate surface area is 123 Å². The van der Waals surface area contributed by atoms with Crippen LogP contribution >= 0.6 is 11.6 Å². The van der Waals surface area contributed by atoms with Crippen LogP contribution in [0, 0.1) is 12.7 Å². The van der Waals surface area contributed by atoms with Crippen LogP contribution in [-0.2, 0) is 6.18 Å². The predicted molar refractivity (Wildman–Crippen MR) is 71.0 cm³/mol. The van der Waals surface area contributed by atoms with Crippen LogP contribution in [0.4, 0.5) is 17.6 Å². The van der Waals surface area contributed by atoms with Crippen molar-refractivity contribution in [1.82, 2.24) is 0 Å². The molecule has 2 aromatic carbocycles. The van der Waals surface area contributed by atoms with E-state index in [-0.39, 0.29) is 16.1 Å². The van der Waals surface area contributed by atoms with Gasteiger partial charge in [0.25, 0.3) is 0 Å². The third kappa shape index (κ3) is 3.08. The lowest BCUT2D eigenvalue weighted by atomic mass is 9.97. The first-order chi connectivity index (χ1) is 9.71. The van der Waals surface area contributed by atoms with Crippen molar-refractivity contribution in [3.8, 4) is 0 Å². The van der Waals surface area contributed by atoms with E-state index in [9.17, 15) is 22.4 Å². The van der Waals surface area contributed by atoms with Crippen LogP contribution in [0.15, 0.2) is 36.4 Å². The number of aryl methyl sites for hydroxylation is 1. The lowest BCUT2D eigenvalue weighted by Gasteiger charge is -2.13. The van der Waals surface area contributed by atoms with Gasteiger partial charge >= 0.3 is 6.18 Å².